The summed E-state index contributed by atoms with van der Waals surface area (Å²) >= 11 is 0. The maximum atomic E-state index is 8.52. The quantitative estimate of drug-likeness (QED) is 0.661. The highest BCUT2D eigenvalue weighted by atomic mass is 14.9. The van der Waals surface area contributed by atoms with Crippen molar-refractivity contribution in [2.75, 3.05) is 0 Å². The van der Waals surface area contributed by atoms with Gasteiger partial charge in [0.05, 0.1) is 0 Å². The standard InChI is InChI=1S/C9H11N3/c1-7(2)5-8-3-4-11-9(6-10)12-8/h3-4,7H,5H2,1-2H3. The van der Waals surface area contributed by atoms with Crippen LogP contribution >= 0.6 is 0 Å². The molecule has 1 heterocycles. The molecule has 0 amide bonds. The third kappa shape index (κ3) is 2.31. The zero-order chi connectivity index (χ0) is 8.97. The van der Waals surface area contributed by atoms with Gasteiger partial charge in [0, 0.05) is 11.9 Å². The summed E-state index contributed by atoms with van der Waals surface area (Å²) < 4.78 is 0. The van der Waals surface area contributed by atoms with Crippen LogP contribution in [-0.2, 0) is 6.42 Å². The van der Waals surface area contributed by atoms with Gasteiger partial charge in [-0.05, 0) is 18.4 Å². The summed E-state index contributed by atoms with van der Waals surface area (Å²) in [7, 11) is 0. The van der Waals surface area contributed by atoms with E-state index in [-0.39, 0.29) is 5.82 Å². The smallest absolute Gasteiger partial charge is 0.228 e. The molecule has 0 aliphatic heterocycles. The molecule has 0 aromatic carbocycles. The Morgan fingerprint density at radius 3 is 2.92 bits per heavy atom. The lowest BCUT2D eigenvalue weighted by molar-refractivity contribution is 0.633. The molecule has 3 heteroatoms. The predicted octanol–water partition coefficient (Wildman–Crippen LogP) is 1.55. The van der Waals surface area contributed by atoms with Crippen molar-refractivity contribution in [1.82, 2.24) is 9.97 Å². The van der Waals surface area contributed by atoms with E-state index in [1.165, 1.54) is 0 Å². The second kappa shape index (κ2) is 3.82. The molecule has 0 fully saturated rings. The van der Waals surface area contributed by atoms with E-state index in [2.05, 4.69) is 23.8 Å². The summed E-state index contributed by atoms with van der Waals surface area (Å²) in [6.45, 7) is 4.24. The monoisotopic (exact) mass is 161 g/mol. The van der Waals surface area contributed by atoms with Gasteiger partial charge in [-0.15, -0.1) is 0 Å². The van der Waals surface area contributed by atoms with Gasteiger partial charge in [0.25, 0.3) is 0 Å². The Labute approximate surface area is 72.1 Å². The normalized spacial score (nSPS) is 9.83. The molecule has 0 aliphatic rings. The third-order valence-electron chi connectivity index (χ3n) is 1.43. The van der Waals surface area contributed by atoms with E-state index in [9.17, 15) is 0 Å². The second-order valence-electron chi connectivity index (χ2n) is 3.08. The van der Waals surface area contributed by atoms with E-state index in [1.54, 1.807) is 6.20 Å². The average Bonchev–Trinajstić information content (AvgIpc) is 2.03. The van der Waals surface area contributed by atoms with E-state index >= 15 is 0 Å². The van der Waals surface area contributed by atoms with Crippen LogP contribution in [-0.4, -0.2) is 9.97 Å². The zero-order valence-electron chi connectivity index (χ0n) is 7.28. The molecule has 0 bridgehead atoms. The number of hydrogen-bond donors (Lipinski definition) is 0. The Morgan fingerprint density at radius 1 is 1.58 bits per heavy atom. The molecule has 3 nitrogen and oxygen atoms in total. The Morgan fingerprint density at radius 2 is 2.33 bits per heavy atom. The van der Waals surface area contributed by atoms with E-state index in [0.29, 0.717) is 5.92 Å². The van der Waals surface area contributed by atoms with Crippen molar-refractivity contribution in [2.24, 2.45) is 5.92 Å². The highest BCUT2D eigenvalue weighted by Gasteiger charge is 2.00. The minimum Gasteiger partial charge on any atom is -0.228 e. The SMILES string of the molecule is CC(C)Cc1ccnc(C#N)n1. The molecule has 0 unspecified atom stereocenters. The van der Waals surface area contributed by atoms with Crippen molar-refractivity contribution in [2.45, 2.75) is 20.3 Å². The van der Waals surface area contributed by atoms with Gasteiger partial charge in [-0.2, -0.15) is 5.26 Å². The van der Waals surface area contributed by atoms with Crippen LogP contribution in [0.25, 0.3) is 0 Å². The summed E-state index contributed by atoms with van der Waals surface area (Å²) in [6, 6.07) is 3.77. The maximum Gasteiger partial charge on any atom is 0.232 e. The van der Waals surface area contributed by atoms with Crippen molar-refractivity contribution in [1.29, 1.82) is 5.26 Å². The average molecular weight is 161 g/mol. The van der Waals surface area contributed by atoms with Crippen LogP contribution < -0.4 is 0 Å². The number of hydrogen-bond acceptors (Lipinski definition) is 3. The van der Waals surface area contributed by atoms with Gasteiger partial charge in [0.2, 0.25) is 5.82 Å². The van der Waals surface area contributed by atoms with E-state index < -0.39 is 0 Å². The second-order valence-corrected chi connectivity index (χ2v) is 3.08. The minimum atomic E-state index is 0.258. The lowest BCUT2D eigenvalue weighted by atomic mass is 10.1. The van der Waals surface area contributed by atoms with Crippen LogP contribution in [0.5, 0.6) is 0 Å². The minimum absolute atomic E-state index is 0.258. The van der Waals surface area contributed by atoms with Crippen molar-refractivity contribution in [3.8, 4) is 6.07 Å². The molecule has 0 spiro atoms. The van der Waals surface area contributed by atoms with Gasteiger partial charge in [-0.1, -0.05) is 13.8 Å². The summed E-state index contributed by atoms with van der Waals surface area (Å²) in [4.78, 5) is 7.85. The zero-order valence-corrected chi connectivity index (χ0v) is 7.28. The Bertz CT molecular complexity index is 299. The Balaban J connectivity index is 2.81. The molecule has 0 radical (unpaired) electrons. The van der Waals surface area contributed by atoms with Gasteiger partial charge >= 0.3 is 0 Å². The highest BCUT2D eigenvalue weighted by molar-refractivity contribution is 5.12. The van der Waals surface area contributed by atoms with Gasteiger partial charge in [-0.3, -0.25) is 0 Å². The summed E-state index contributed by atoms with van der Waals surface area (Å²) in [5.74, 6) is 0.819. The maximum absolute atomic E-state index is 8.52. The van der Waals surface area contributed by atoms with Crippen molar-refractivity contribution >= 4 is 0 Å². The van der Waals surface area contributed by atoms with E-state index in [4.69, 9.17) is 5.26 Å². The fourth-order valence-electron chi connectivity index (χ4n) is 0.982. The first-order valence-electron chi connectivity index (χ1n) is 3.94. The van der Waals surface area contributed by atoms with Crippen molar-refractivity contribution in [3.05, 3.63) is 23.8 Å². The van der Waals surface area contributed by atoms with Crippen molar-refractivity contribution in [3.63, 3.8) is 0 Å². The largest absolute Gasteiger partial charge is 0.232 e. The Kier molecular flexibility index (Phi) is 2.76. The first-order chi connectivity index (χ1) is 5.72. The van der Waals surface area contributed by atoms with E-state index in [0.717, 1.165) is 12.1 Å². The first kappa shape index (κ1) is 8.66. The summed E-state index contributed by atoms with van der Waals surface area (Å²) in [5, 5.41) is 8.52. The van der Waals surface area contributed by atoms with Crippen LogP contribution in [0.2, 0.25) is 0 Å². The molecule has 0 aliphatic carbocycles. The number of nitriles is 1. The Hall–Kier alpha value is -1.43. The number of nitrogens with zero attached hydrogens (tertiary/aromatic N) is 3. The number of aromatic nitrogens is 2. The van der Waals surface area contributed by atoms with Gasteiger partial charge in [0.1, 0.15) is 6.07 Å². The summed E-state index contributed by atoms with van der Waals surface area (Å²) in [6.07, 6.45) is 2.53. The van der Waals surface area contributed by atoms with Crippen LogP contribution in [0.15, 0.2) is 12.3 Å². The molecule has 62 valence electrons. The molecule has 1 aromatic rings. The van der Waals surface area contributed by atoms with Crippen LogP contribution in [0.3, 0.4) is 0 Å². The third-order valence-corrected chi connectivity index (χ3v) is 1.43. The van der Waals surface area contributed by atoms with Gasteiger partial charge in [-0.25, -0.2) is 9.97 Å². The molecule has 12 heavy (non-hydrogen) atoms. The topological polar surface area (TPSA) is 49.6 Å². The fourth-order valence-corrected chi connectivity index (χ4v) is 0.982. The molecule has 0 N–H and O–H groups in total. The highest BCUT2D eigenvalue weighted by Crippen LogP contribution is 2.03. The first-order valence-corrected chi connectivity index (χ1v) is 3.94. The fraction of sp³-hybridized carbons (Fsp3) is 0.444. The van der Waals surface area contributed by atoms with Gasteiger partial charge in [0.15, 0.2) is 0 Å². The number of rotatable bonds is 2. The molecule has 0 atom stereocenters. The molecular weight excluding hydrogens is 150 g/mol. The van der Waals surface area contributed by atoms with E-state index in [1.807, 2.05) is 12.1 Å². The molecule has 1 rings (SSSR count). The van der Waals surface area contributed by atoms with Crippen molar-refractivity contribution < 1.29 is 0 Å². The summed E-state index contributed by atoms with van der Waals surface area (Å²) in [5.41, 5.74) is 0.941. The van der Waals surface area contributed by atoms with Crippen LogP contribution in [0.4, 0.5) is 0 Å². The predicted molar refractivity (Wildman–Crippen MR) is 45.3 cm³/mol. The van der Waals surface area contributed by atoms with Gasteiger partial charge < -0.3 is 0 Å². The van der Waals surface area contributed by atoms with Crippen LogP contribution in [0.1, 0.15) is 25.4 Å². The van der Waals surface area contributed by atoms with Crippen LogP contribution in [0, 0.1) is 17.2 Å². The lowest BCUT2D eigenvalue weighted by Gasteiger charge is -2.02. The molecular formula is C9H11N3. The lowest BCUT2D eigenvalue weighted by Crippen LogP contribution is -1.99. The molecule has 0 saturated carbocycles. The molecule has 1 aromatic heterocycles. The molecule has 0 saturated heterocycles.